The Morgan fingerprint density at radius 3 is 2.11 bits per heavy atom. The van der Waals surface area contributed by atoms with Gasteiger partial charge in [0, 0.05) is 18.7 Å². The maximum atomic E-state index is 12.8. The molecular formula is C22H35N7O7S. The average molecular weight is 542 g/mol. The summed E-state index contributed by atoms with van der Waals surface area (Å²) in [6.07, 6.45) is -0.824. The Morgan fingerprint density at radius 2 is 1.59 bits per heavy atom. The summed E-state index contributed by atoms with van der Waals surface area (Å²) in [5.41, 5.74) is 16.8. The van der Waals surface area contributed by atoms with Gasteiger partial charge in [0.25, 0.3) is 0 Å². The monoisotopic (exact) mass is 541 g/mol. The zero-order valence-corrected chi connectivity index (χ0v) is 21.2. The van der Waals surface area contributed by atoms with Gasteiger partial charge >= 0.3 is 5.97 Å². The highest BCUT2D eigenvalue weighted by atomic mass is 32.1. The van der Waals surface area contributed by atoms with Crippen LogP contribution in [0, 0.1) is 0 Å². The smallest absolute Gasteiger partial charge is 0.326 e. The van der Waals surface area contributed by atoms with E-state index in [1.54, 1.807) is 0 Å². The van der Waals surface area contributed by atoms with E-state index in [-0.39, 0.29) is 36.8 Å². The number of benzene rings is 1. The number of phenols is 1. The van der Waals surface area contributed by atoms with Crippen LogP contribution < -0.4 is 33.2 Å². The van der Waals surface area contributed by atoms with E-state index in [4.69, 9.17) is 17.2 Å². The number of carboxylic acid groups (broad SMARTS) is 1. The van der Waals surface area contributed by atoms with Crippen molar-refractivity contribution in [2.24, 2.45) is 22.2 Å². The minimum atomic E-state index is -1.45. The van der Waals surface area contributed by atoms with Crippen molar-refractivity contribution in [1.29, 1.82) is 0 Å². The number of aliphatic imine (C=N–C) groups is 1. The molecule has 1 aromatic carbocycles. The number of nitrogens with zero attached hydrogens (tertiary/aromatic N) is 1. The standard InChI is InChI=1S/C22H35N7O7S/c1-11(30)17(29-18(32)14(23)3-2-8-26-22(24)25)20(34)28-16(10-37)19(33)27-15(21(35)36)9-12-4-6-13(31)7-5-12/h4-7,11,14-17,30-31,37H,2-3,8-10,23H2,1H3,(H,27,33)(H,28,34)(H,29,32)(H,35,36)(H4,24,25,26). The molecule has 0 radical (unpaired) electrons. The van der Waals surface area contributed by atoms with E-state index in [1.807, 2.05) is 0 Å². The number of aromatic hydroxyl groups is 1. The van der Waals surface area contributed by atoms with Crippen molar-refractivity contribution in [3.63, 3.8) is 0 Å². The molecular weight excluding hydrogens is 506 g/mol. The maximum Gasteiger partial charge on any atom is 0.326 e. The highest BCUT2D eigenvalue weighted by Crippen LogP contribution is 2.12. The second-order valence-corrected chi connectivity index (χ2v) is 8.66. The molecule has 0 aliphatic rings. The van der Waals surface area contributed by atoms with Crippen molar-refractivity contribution in [2.75, 3.05) is 12.3 Å². The van der Waals surface area contributed by atoms with Gasteiger partial charge in [0.1, 0.15) is 23.9 Å². The number of aliphatic carboxylic acids is 1. The van der Waals surface area contributed by atoms with Gasteiger partial charge in [0.2, 0.25) is 17.7 Å². The molecule has 12 N–H and O–H groups in total. The number of nitrogens with two attached hydrogens (primary N) is 3. The van der Waals surface area contributed by atoms with Crippen LogP contribution in [0.1, 0.15) is 25.3 Å². The van der Waals surface area contributed by atoms with Crippen LogP contribution in [0.5, 0.6) is 5.75 Å². The van der Waals surface area contributed by atoms with Gasteiger partial charge in [0.15, 0.2) is 5.96 Å². The van der Waals surface area contributed by atoms with Crippen molar-refractivity contribution in [1.82, 2.24) is 16.0 Å². The third-order valence-corrected chi connectivity index (χ3v) is 5.54. The number of guanidine groups is 1. The molecule has 5 unspecified atom stereocenters. The number of aliphatic hydroxyl groups is 1. The number of carbonyl (C=O) groups is 4. The van der Waals surface area contributed by atoms with Crippen LogP contribution in [0.3, 0.4) is 0 Å². The SMILES string of the molecule is CC(O)C(NC(=O)C(N)CCCN=C(N)N)C(=O)NC(CS)C(=O)NC(Cc1ccc(O)cc1)C(=O)O. The number of amides is 3. The number of nitrogens with one attached hydrogen (secondary N) is 3. The van der Waals surface area contributed by atoms with Crippen LogP contribution in [0.2, 0.25) is 0 Å². The number of hydrogen-bond acceptors (Lipinski definition) is 9. The summed E-state index contributed by atoms with van der Waals surface area (Å²) in [4.78, 5) is 53.3. The third-order valence-electron chi connectivity index (χ3n) is 5.17. The van der Waals surface area contributed by atoms with Gasteiger partial charge in [-0.1, -0.05) is 12.1 Å². The molecule has 3 amide bonds. The normalized spacial score (nSPS) is 14.8. The lowest BCUT2D eigenvalue weighted by Crippen LogP contribution is -2.60. The van der Waals surface area contributed by atoms with Gasteiger partial charge in [0.05, 0.1) is 12.1 Å². The fourth-order valence-corrected chi connectivity index (χ4v) is 3.37. The van der Waals surface area contributed by atoms with E-state index in [2.05, 4.69) is 33.6 Å². The van der Waals surface area contributed by atoms with E-state index in [0.717, 1.165) is 0 Å². The molecule has 15 heteroatoms. The molecule has 1 rings (SSSR count). The summed E-state index contributed by atoms with van der Waals surface area (Å²) >= 11 is 4.05. The summed E-state index contributed by atoms with van der Waals surface area (Å²) < 4.78 is 0. The van der Waals surface area contributed by atoms with Crippen LogP contribution in [0.4, 0.5) is 0 Å². The maximum absolute atomic E-state index is 12.8. The van der Waals surface area contributed by atoms with Crippen LogP contribution in [0.25, 0.3) is 0 Å². The lowest BCUT2D eigenvalue weighted by Gasteiger charge is -2.26. The number of hydrogen-bond donors (Lipinski definition) is 10. The van der Waals surface area contributed by atoms with E-state index >= 15 is 0 Å². The van der Waals surface area contributed by atoms with Crippen LogP contribution in [-0.4, -0.2) is 87.5 Å². The fraction of sp³-hybridized carbons (Fsp3) is 0.500. The highest BCUT2D eigenvalue weighted by Gasteiger charge is 2.32. The van der Waals surface area contributed by atoms with Crippen LogP contribution >= 0.6 is 12.6 Å². The summed E-state index contributed by atoms with van der Waals surface area (Å²) in [7, 11) is 0. The largest absolute Gasteiger partial charge is 0.508 e. The Bertz CT molecular complexity index is 955. The van der Waals surface area contributed by atoms with Crippen LogP contribution in [-0.2, 0) is 25.6 Å². The third kappa shape index (κ3) is 11.4. The molecule has 0 saturated heterocycles. The number of aliphatic hydroxyl groups excluding tert-OH is 1. The second kappa shape index (κ2) is 15.5. The van der Waals surface area contributed by atoms with E-state index in [0.29, 0.717) is 12.0 Å². The lowest BCUT2D eigenvalue weighted by atomic mass is 10.1. The number of phenolic OH excluding ortho intramolecular Hbond substituents is 1. The van der Waals surface area contributed by atoms with Crippen molar-refractivity contribution in [2.45, 2.75) is 56.5 Å². The number of carboxylic acids is 1. The number of carbonyl (C=O) groups excluding carboxylic acids is 3. The zero-order chi connectivity index (χ0) is 28.1. The first-order valence-electron chi connectivity index (χ1n) is 11.4. The Morgan fingerprint density at radius 1 is 1.00 bits per heavy atom. The summed E-state index contributed by atoms with van der Waals surface area (Å²) in [6, 6.07) is 0.722. The Labute approximate surface area is 219 Å². The molecule has 0 bridgehead atoms. The van der Waals surface area contributed by atoms with Gasteiger partial charge in [-0.15, -0.1) is 0 Å². The van der Waals surface area contributed by atoms with Crippen molar-refractivity contribution in [3.05, 3.63) is 29.8 Å². The molecule has 206 valence electrons. The summed E-state index contributed by atoms with van der Waals surface area (Å²) in [6.45, 7) is 1.52. The van der Waals surface area contributed by atoms with Gasteiger partial charge in [-0.05, 0) is 37.5 Å². The molecule has 0 fully saturated rings. The van der Waals surface area contributed by atoms with E-state index in [1.165, 1.54) is 31.2 Å². The molecule has 0 saturated carbocycles. The van der Waals surface area contributed by atoms with Crippen molar-refractivity contribution >= 4 is 42.3 Å². The second-order valence-electron chi connectivity index (χ2n) is 8.30. The molecule has 0 heterocycles. The number of thiol groups is 1. The molecule has 0 aliphatic carbocycles. The molecule has 0 spiro atoms. The van der Waals surface area contributed by atoms with Gasteiger partial charge in [-0.3, -0.25) is 19.4 Å². The topological polar surface area (TPSA) is 255 Å². The first kappa shape index (κ1) is 31.5. The number of rotatable bonds is 15. The quantitative estimate of drug-likeness (QED) is 0.0471. The van der Waals surface area contributed by atoms with Crippen LogP contribution in [0.15, 0.2) is 29.3 Å². The first-order chi connectivity index (χ1) is 17.3. The highest BCUT2D eigenvalue weighted by molar-refractivity contribution is 7.80. The molecule has 14 nitrogen and oxygen atoms in total. The van der Waals surface area contributed by atoms with E-state index in [9.17, 15) is 34.5 Å². The summed E-state index contributed by atoms with van der Waals surface area (Å²) in [5, 5.41) is 36.0. The predicted molar refractivity (Wildman–Crippen MR) is 139 cm³/mol. The molecule has 37 heavy (non-hydrogen) atoms. The van der Waals surface area contributed by atoms with Gasteiger partial charge < -0.3 is 48.5 Å². The lowest BCUT2D eigenvalue weighted by molar-refractivity contribution is -0.142. The van der Waals surface area contributed by atoms with Gasteiger partial charge in [-0.25, -0.2) is 4.79 Å². The summed E-state index contributed by atoms with van der Waals surface area (Å²) in [5.74, 6) is -4.04. The van der Waals surface area contributed by atoms with Gasteiger partial charge in [-0.2, -0.15) is 12.6 Å². The Hall–Kier alpha value is -3.56. The molecule has 0 aliphatic heterocycles. The fourth-order valence-electron chi connectivity index (χ4n) is 3.11. The minimum Gasteiger partial charge on any atom is -0.508 e. The first-order valence-corrected chi connectivity index (χ1v) is 12.0. The van der Waals surface area contributed by atoms with E-state index < -0.39 is 54.0 Å². The predicted octanol–water partition coefficient (Wildman–Crippen LogP) is -2.83. The Kier molecular flexibility index (Phi) is 13.2. The van der Waals surface area contributed by atoms with Crippen molar-refractivity contribution < 1.29 is 34.5 Å². The zero-order valence-electron chi connectivity index (χ0n) is 20.3. The average Bonchev–Trinajstić information content (AvgIpc) is 2.83. The molecule has 0 aromatic heterocycles. The molecule has 5 atom stereocenters. The molecule has 1 aromatic rings. The van der Waals surface area contributed by atoms with Crippen molar-refractivity contribution in [3.8, 4) is 5.75 Å². The Balaban J connectivity index is 2.78. The minimum absolute atomic E-state index is 0.00386.